The van der Waals surface area contributed by atoms with Crippen LogP contribution in [-0.2, 0) is 0 Å². The first-order valence-corrected chi connectivity index (χ1v) is 7.18. The summed E-state index contributed by atoms with van der Waals surface area (Å²) < 4.78 is 0.808. The minimum Gasteiger partial charge on any atom is -0.507 e. The summed E-state index contributed by atoms with van der Waals surface area (Å²) in [5.41, 5.74) is 4.95. The van der Waals surface area contributed by atoms with Gasteiger partial charge in [0.1, 0.15) is 5.75 Å². The lowest BCUT2D eigenvalue weighted by Crippen LogP contribution is -2.17. The third-order valence-corrected chi connectivity index (χ3v) is 3.53. The van der Waals surface area contributed by atoms with Gasteiger partial charge in [-0.25, -0.2) is 10.4 Å². The van der Waals surface area contributed by atoms with Crippen LogP contribution in [0.5, 0.6) is 5.75 Å². The van der Waals surface area contributed by atoms with Gasteiger partial charge in [-0.05, 0) is 36.4 Å². The van der Waals surface area contributed by atoms with Gasteiger partial charge in [0, 0.05) is 15.6 Å². The van der Waals surface area contributed by atoms with Crippen molar-refractivity contribution in [2.45, 2.75) is 0 Å². The molecule has 110 valence electrons. The molecule has 0 saturated heterocycles. The average Bonchev–Trinajstić information content (AvgIpc) is 2.98. The fourth-order valence-corrected chi connectivity index (χ4v) is 2.31. The van der Waals surface area contributed by atoms with Gasteiger partial charge in [-0.15, -0.1) is 0 Å². The number of carbonyl (C=O) groups is 1. The van der Waals surface area contributed by atoms with Crippen LogP contribution in [0.3, 0.4) is 0 Å². The van der Waals surface area contributed by atoms with Crippen molar-refractivity contribution in [3.05, 3.63) is 58.3 Å². The van der Waals surface area contributed by atoms with E-state index in [1.165, 1.54) is 6.21 Å². The van der Waals surface area contributed by atoms with Gasteiger partial charge in [-0.1, -0.05) is 15.9 Å². The van der Waals surface area contributed by atoms with Crippen LogP contribution < -0.4 is 5.43 Å². The fraction of sp³-hybridized carbons (Fsp3) is 0. The molecule has 1 aromatic heterocycles. The van der Waals surface area contributed by atoms with E-state index < -0.39 is 0 Å². The molecule has 0 aliphatic heterocycles. The van der Waals surface area contributed by atoms with Crippen LogP contribution in [0.15, 0.2) is 52.3 Å². The second-order valence-corrected chi connectivity index (χ2v) is 5.45. The number of nitrogens with one attached hydrogen (secondary N) is 2. The van der Waals surface area contributed by atoms with Crippen molar-refractivity contribution < 1.29 is 9.90 Å². The summed E-state index contributed by atoms with van der Waals surface area (Å²) >= 11 is 3.30. The number of amides is 1. The summed E-state index contributed by atoms with van der Waals surface area (Å²) in [7, 11) is 0. The standard InChI is InChI=1S/C15H11BrN4O2/c16-11-2-4-14(21)10(5-11)7-19-20-15(22)9-1-3-12-13(6-9)18-8-17-12/h1-8,21H,(H,17,18)(H,20,22)/b19-7-. The van der Waals surface area contributed by atoms with E-state index in [0.717, 1.165) is 15.5 Å². The van der Waals surface area contributed by atoms with E-state index in [-0.39, 0.29) is 11.7 Å². The number of phenolic OH excluding ortho intramolecular Hbond substituents is 1. The molecule has 3 N–H and O–H groups in total. The Hall–Kier alpha value is -2.67. The highest BCUT2D eigenvalue weighted by Crippen LogP contribution is 2.20. The summed E-state index contributed by atoms with van der Waals surface area (Å²) in [6.07, 6.45) is 2.95. The van der Waals surface area contributed by atoms with Crippen molar-refractivity contribution in [2.75, 3.05) is 0 Å². The van der Waals surface area contributed by atoms with Gasteiger partial charge in [0.25, 0.3) is 5.91 Å². The predicted molar refractivity (Wildman–Crippen MR) is 87.0 cm³/mol. The smallest absolute Gasteiger partial charge is 0.271 e. The lowest BCUT2D eigenvalue weighted by molar-refractivity contribution is 0.0955. The first kappa shape index (κ1) is 14.3. The third kappa shape index (κ3) is 2.99. The van der Waals surface area contributed by atoms with Crippen LogP contribution >= 0.6 is 15.9 Å². The zero-order valence-electron chi connectivity index (χ0n) is 11.2. The lowest BCUT2D eigenvalue weighted by atomic mass is 10.2. The number of benzene rings is 2. The number of halogens is 1. The Morgan fingerprint density at radius 2 is 2.18 bits per heavy atom. The summed E-state index contributed by atoms with van der Waals surface area (Å²) in [5, 5.41) is 13.5. The number of aromatic hydroxyl groups is 1. The highest BCUT2D eigenvalue weighted by Gasteiger charge is 2.06. The molecule has 0 radical (unpaired) electrons. The number of hydrogen-bond acceptors (Lipinski definition) is 4. The van der Waals surface area contributed by atoms with Crippen molar-refractivity contribution in [1.82, 2.24) is 15.4 Å². The van der Waals surface area contributed by atoms with Crippen molar-refractivity contribution >= 4 is 39.1 Å². The molecule has 3 rings (SSSR count). The zero-order valence-corrected chi connectivity index (χ0v) is 12.8. The van der Waals surface area contributed by atoms with Crippen molar-refractivity contribution in [2.24, 2.45) is 5.10 Å². The normalized spacial score (nSPS) is 11.1. The Balaban J connectivity index is 1.73. The number of rotatable bonds is 3. The van der Waals surface area contributed by atoms with Gasteiger partial charge in [0.2, 0.25) is 0 Å². The molecule has 6 nitrogen and oxygen atoms in total. The number of hydrogen-bond donors (Lipinski definition) is 3. The Morgan fingerprint density at radius 3 is 3.05 bits per heavy atom. The second-order valence-electron chi connectivity index (χ2n) is 4.54. The third-order valence-electron chi connectivity index (χ3n) is 3.04. The van der Waals surface area contributed by atoms with Gasteiger partial charge in [0.05, 0.1) is 23.6 Å². The SMILES string of the molecule is O=C(N/N=C\c1cc(Br)ccc1O)c1ccc2nc[nH]c2c1. The quantitative estimate of drug-likeness (QED) is 0.496. The lowest BCUT2D eigenvalue weighted by Gasteiger charge is -2.01. The van der Waals surface area contributed by atoms with E-state index >= 15 is 0 Å². The maximum absolute atomic E-state index is 12.0. The van der Waals surface area contributed by atoms with E-state index in [4.69, 9.17) is 0 Å². The van der Waals surface area contributed by atoms with E-state index in [0.29, 0.717) is 11.1 Å². The Bertz CT molecular complexity index is 873. The zero-order chi connectivity index (χ0) is 15.5. The number of aromatic nitrogens is 2. The number of nitrogens with zero attached hydrogens (tertiary/aromatic N) is 2. The molecule has 2 aromatic carbocycles. The molecule has 0 fully saturated rings. The van der Waals surface area contributed by atoms with Crippen LogP contribution in [-0.4, -0.2) is 27.2 Å². The van der Waals surface area contributed by atoms with Crippen molar-refractivity contribution in [3.63, 3.8) is 0 Å². The highest BCUT2D eigenvalue weighted by atomic mass is 79.9. The van der Waals surface area contributed by atoms with E-state index in [2.05, 4.69) is 36.4 Å². The largest absolute Gasteiger partial charge is 0.507 e. The molecular formula is C15H11BrN4O2. The van der Waals surface area contributed by atoms with Crippen LogP contribution in [0.4, 0.5) is 0 Å². The molecule has 0 aliphatic carbocycles. The molecule has 0 spiro atoms. The van der Waals surface area contributed by atoms with Gasteiger partial charge in [-0.2, -0.15) is 5.10 Å². The maximum atomic E-state index is 12.0. The topological polar surface area (TPSA) is 90.4 Å². The van der Waals surface area contributed by atoms with Crippen LogP contribution in [0, 0.1) is 0 Å². The summed E-state index contributed by atoms with van der Waals surface area (Å²) in [6, 6.07) is 10.1. The molecule has 0 bridgehead atoms. The number of carbonyl (C=O) groups excluding carboxylic acids is 1. The summed E-state index contributed by atoms with van der Waals surface area (Å²) in [5.74, 6) is -0.262. The molecule has 3 aromatic rings. The minimum atomic E-state index is -0.345. The molecule has 1 heterocycles. The number of H-pyrrole nitrogens is 1. The van der Waals surface area contributed by atoms with Gasteiger partial charge in [0.15, 0.2) is 0 Å². The number of hydrazone groups is 1. The fourth-order valence-electron chi connectivity index (χ4n) is 1.93. The number of fused-ring (bicyclic) bond motifs is 1. The summed E-state index contributed by atoms with van der Waals surface area (Å²) in [6.45, 7) is 0. The van der Waals surface area contributed by atoms with Crippen molar-refractivity contribution in [3.8, 4) is 5.75 Å². The monoisotopic (exact) mass is 358 g/mol. The molecular weight excluding hydrogens is 348 g/mol. The molecule has 7 heteroatoms. The summed E-state index contributed by atoms with van der Waals surface area (Å²) in [4.78, 5) is 19.1. The van der Waals surface area contributed by atoms with Crippen LogP contribution in [0.25, 0.3) is 11.0 Å². The first-order valence-electron chi connectivity index (χ1n) is 6.38. The Kier molecular flexibility index (Phi) is 3.88. The van der Waals surface area contributed by atoms with Crippen LogP contribution in [0.2, 0.25) is 0 Å². The van der Waals surface area contributed by atoms with Crippen molar-refractivity contribution in [1.29, 1.82) is 0 Å². The Labute approximate surface area is 134 Å². The first-order chi connectivity index (χ1) is 10.6. The molecule has 0 atom stereocenters. The van der Waals surface area contributed by atoms with E-state index in [9.17, 15) is 9.90 Å². The van der Waals surface area contributed by atoms with E-state index in [1.54, 1.807) is 42.7 Å². The second kappa shape index (κ2) is 5.98. The molecule has 22 heavy (non-hydrogen) atoms. The minimum absolute atomic E-state index is 0.0834. The van der Waals surface area contributed by atoms with E-state index in [1.807, 2.05) is 0 Å². The number of aromatic amines is 1. The van der Waals surface area contributed by atoms with Gasteiger partial charge >= 0.3 is 0 Å². The number of imidazole rings is 1. The molecule has 0 aliphatic rings. The molecule has 0 saturated carbocycles. The van der Waals surface area contributed by atoms with Gasteiger partial charge in [-0.3, -0.25) is 4.79 Å². The average molecular weight is 359 g/mol. The maximum Gasteiger partial charge on any atom is 0.271 e. The van der Waals surface area contributed by atoms with Crippen LogP contribution in [0.1, 0.15) is 15.9 Å². The molecule has 0 unspecified atom stereocenters. The Morgan fingerprint density at radius 1 is 1.32 bits per heavy atom. The van der Waals surface area contributed by atoms with Gasteiger partial charge < -0.3 is 10.1 Å². The highest BCUT2D eigenvalue weighted by molar-refractivity contribution is 9.10. The predicted octanol–water partition coefficient (Wildman–Crippen LogP) is 2.79. The number of phenols is 1. The molecule has 1 amide bonds.